The number of rotatable bonds is 6. The molecule has 32 heavy (non-hydrogen) atoms. The fourth-order valence-corrected chi connectivity index (χ4v) is 5.14. The lowest BCUT2D eigenvalue weighted by atomic mass is 9.94. The van der Waals surface area contributed by atoms with Gasteiger partial charge in [0.05, 0.1) is 24.2 Å². The summed E-state index contributed by atoms with van der Waals surface area (Å²) in [7, 11) is 0. The van der Waals surface area contributed by atoms with Crippen LogP contribution in [0.15, 0.2) is 30.3 Å². The second-order valence-electron chi connectivity index (χ2n) is 9.15. The molecule has 2 aliphatic rings. The van der Waals surface area contributed by atoms with Gasteiger partial charge in [0.1, 0.15) is 17.4 Å². The van der Waals surface area contributed by atoms with Gasteiger partial charge in [-0.1, -0.05) is 0 Å². The first-order chi connectivity index (χ1) is 15.5. The van der Waals surface area contributed by atoms with E-state index in [0.29, 0.717) is 24.3 Å². The van der Waals surface area contributed by atoms with E-state index in [2.05, 4.69) is 16.4 Å². The molecule has 0 amide bonds. The predicted molar refractivity (Wildman–Crippen MR) is 117 cm³/mol. The number of likely N-dealkylation sites (tertiary alicyclic amines) is 1. The zero-order valence-corrected chi connectivity index (χ0v) is 18.3. The van der Waals surface area contributed by atoms with Crippen molar-refractivity contribution in [2.45, 2.75) is 51.6 Å². The molecule has 2 aliphatic heterocycles. The summed E-state index contributed by atoms with van der Waals surface area (Å²) in [5.41, 5.74) is 2.94. The minimum atomic E-state index is -0.884. The highest BCUT2D eigenvalue weighted by Gasteiger charge is 2.26. The number of aryl methyl sites for hydroxylation is 1. The summed E-state index contributed by atoms with van der Waals surface area (Å²) < 4.78 is 48.2. The first-order valence-corrected chi connectivity index (χ1v) is 11.5. The molecule has 1 saturated heterocycles. The highest BCUT2D eigenvalue weighted by atomic mass is 19.2. The fourth-order valence-electron chi connectivity index (χ4n) is 5.14. The zero-order valence-electron chi connectivity index (χ0n) is 18.3. The molecule has 0 N–H and O–H groups in total. The Bertz CT molecular complexity index is 1120. The van der Waals surface area contributed by atoms with E-state index in [9.17, 15) is 13.2 Å². The lowest BCUT2D eigenvalue weighted by molar-refractivity contribution is 0.153. The van der Waals surface area contributed by atoms with Gasteiger partial charge >= 0.3 is 0 Å². The Morgan fingerprint density at radius 2 is 1.84 bits per heavy atom. The Hall–Kier alpha value is -2.54. The van der Waals surface area contributed by atoms with Crippen LogP contribution in [0.4, 0.5) is 13.2 Å². The van der Waals surface area contributed by atoms with Crippen LogP contribution in [0.2, 0.25) is 0 Å². The summed E-state index contributed by atoms with van der Waals surface area (Å²) in [4.78, 5) is 7.23. The van der Waals surface area contributed by atoms with Gasteiger partial charge in [0.15, 0.2) is 11.6 Å². The summed E-state index contributed by atoms with van der Waals surface area (Å²) in [6, 6.07) is 7.23. The molecule has 170 valence electrons. The molecule has 3 heterocycles. The van der Waals surface area contributed by atoms with Crippen molar-refractivity contribution in [1.29, 1.82) is 0 Å². The topological polar surface area (TPSA) is 30.3 Å². The highest BCUT2D eigenvalue weighted by molar-refractivity contribution is 5.80. The van der Waals surface area contributed by atoms with Gasteiger partial charge in [-0.3, -0.25) is 4.90 Å². The van der Waals surface area contributed by atoms with Crippen LogP contribution >= 0.6 is 0 Å². The molecule has 5 rings (SSSR count). The quantitative estimate of drug-likeness (QED) is 0.494. The Labute approximate surface area is 186 Å². The summed E-state index contributed by atoms with van der Waals surface area (Å²) in [5, 5.41) is 0. The molecule has 7 heteroatoms. The van der Waals surface area contributed by atoms with Crippen LogP contribution in [0.25, 0.3) is 11.0 Å². The predicted octanol–water partition coefficient (Wildman–Crippen LogP) is 5.64. The van der Waals surface area contributed by atoms with Crippen LogP contribution in [0, 0.1) is 23.4 Å². The number of halogens is 3. The van der Waals surface area contributed by atoms with Crippen LogP contribution in [-0.4, -0.2) is 34.1 Å². The second kappa shape index (κ2) is 8.77. The summed E-state index contributed by atoms with van der Waals surface area (Å²) in [6.07, 6.45) is 4.94. The molecule has 2 aromatic carbocycles. The van der Waals surface area contributed by atoms with Crippen LogP contribution in [0.1, 0.15) is 50.0 Å². The standard InChI is InChI=1S/C25H28F3N3O/c1-16-2-3-18-12-19(26)13-23-25(18)31(16)24(29-23)15-30-9-6-17(7-10-30)8-11-32-20-4-5-21(27)22(28)14-20/h4-5,12-14,16-17H,2-3,6-11,15H2,1H3. The van der Waals surface area contributed by atoms with Crippen molar-refractivity contribution in [1.82, 2.24) is 14.5 Å². The van der Waals surface area contributed by atoms with E-state index in [4.69, 9.17) is 9.72 Å². The normalized spacial score (nSPS) is 19.6. The minimum absolute atomic E-state index is 0.204. The maximum absolute atomic E-state index is 14.0. The number of hydrogen-bond donors (Lipinski definition) is 0. The molecule has 0 saturated carbocycles. The zero-order chi connectivity index (χ0) is 22.2. The fraction of sp³-hybridized carbons (Fsp3) is 0.480. The van der Waals surface area contributed by atoms with Gasteiger partial charge in [-0.25, -0.2) is 18.2 Å². The highest BCUT2D eigenvalue weighted by Crippen LogP contribution is 2.34. The smallest absolute Gasteiger partial charge is 0.162 e. The molecular formula is C25H28F3N3O. The number of hydrogen-bond acceptors (Lipinski definition) is 3. The molecule has 0 radical (unpaired) electrons. The van der Waals surface area contributed by atoms with Gasteiger partial charge in [0.25, 0.3) is 0 Å². The van der Waals surface area contributed by atoms with E-state index in [0.717, 1.165) is 86.3 Å². The third kappa shape index (κ3) is 4.22. The number of imidazole rings is 1. The monoisotopic (exact) mass is 443 g/mol. The van der Waals surface area contributed by atoms with Gasteiger partial charge < -0.3 is 9.30 Å². The first-order valence-electron chi connectivity index (χ1n) is 11.5. The summed E-state index contributed by atoms with van der Waals surface area (Å²) in [6.45, 7) is 5.45. The molecule has 1 atom stereocenters. The molecule has 1 aromatic heterocycles. The molecule has 1 unspecified atom stereocenters. The Kier molecular flexibility index (Phi) is 5.84. The molecule has 0 aliphatic carbocycles. The SMILES string of the molecule is CC1CCc2cc(F)cc3nc(CN4CCC(CCOc5ccc(F)c(F)c5)CC4)n1c23. The van der Waals surface area contributed by atoms with Crippen molar-refractivity contribution in [2.75, 3.05) is 19.7 Å². The van der Waals surface area contributed by atoms with Crippen LogP contribution in [0.3, 0.4) is 0 Å². The van der Waals surface area contributed by atoms with Crippen LogP contribution in [0.5, 0.6) is 5.75 Å². The molecular weight excluding hydrogens is 415 g/mol. The van der Waals surface area contributed by atoms with Gasteiger partial charge in [0, 0.05) is 18.2 Å². The number of benzene rings is 2. The Morgan fingerprint density at radius 3 is 2.62 bits per heavy atom. The lowest BCUT2D eigenvalue weighted by Crippen LogP contribution is -2.34. The van der Waals surface area contributed by atoms with E-state index in [1.165, 1.54) is 6.07 Å². The molecule has 3 aromatic rings. The second-order valence-corrected chi connectivity index (χ2v) is 9.15. The number of ether oxygens (including phenoxy) is 1. The number of nitrogens with zero attached hydrogens (tertiary/aromatic N) is 3. The van der Waals surface area contributed by atoms with Crippen molar-refractivity contribution in [3.05, 3.63) is 59.2 Å². The third-order valence-electron chi connectivity index (χ3n) is 6.93. The van der Waals surface area contributed by atoms with Gasteiger partial charge in [-0.2, -0.15) is 0 Å². The van der Waals surface area contributed by atoms with Crippen molar-refractivity contribution < 1.29 is 17.9 Å². The van der Waals surface area contributed by atoms with Crippen molar-refractivity contribution in [3.8, 4) is 5.75 Å². The average Bonchev–Trinajstić information content (AvgIpc) is 3.13. The number of piperidine rings is 1. The maximum atomic E-state index is 14.0. The van der Waals surface area contributed by atoms with Crippen LogP contribution in [-0.2, 0) is 13.0 Å². The van der Waals surface area contributed by atoms with Crippen molar-refractivity contribution in [3.63, 3.8) is 0 Å². The van der Waals surface area contributed by atoms with E-state index in [1.54, 1.807) is 12.1 Å². The van der Waals surface area contributed by atoms with Gasteiger partial charge in [-0.05, 0) is 81.8 Å². The van der Waals surface area contributed by atoms with Crippen molar-refractivity contribution in [2.24, 2.45) is 5.92 Å². The van der Waals surface area contributed by atoms with E-state index >= 15 is 0 Å². The molecule has 0 spiro atoms. The summed E-state index contributed by atoms with van der Waals surface area (Å²) >= 11 is 0. The van der Waals surface area contributed by atoms with E-state index < -0.39 is 11.6 Å². The van der Waals surface area contributed by atoms with Crippen LogP contribution < -0.4 is 4.74 Å². The average molecular weight is 444 g/mol. The molecule has 0 bridgehead atoms. The van der Waals surface area contributed by atoms with Gasteiger partial charge in [0.2, 0.25) is 0 Å². The Morgan fingerprint density at radius 1 is 1.03 bits per heavy atom. The van der Waals surface area contributed by atoms with Gasteiger partial charge in [-0.15, -0.1) is 0 Å². The molecule has 4 nitrogen and oxygen atoms in total. The lowest BCUT2D eigenvalue weighted by Gasteiger charge is -2.32. The van der Waals surface area contributed by atoms with E-state index in [-0.39, 0.29) is 5.82 Å². The van der Waals surface area contributed by atoms with Crippen molar-refractivity contribution >= 4 is 11.0 Å². The minimum Gasteiger partial charge on any atom is -0.493 e. The molecule has 1 fully saturated rings. The third-order valence-corrected chi connectivity index (χ3v) is 6.93. The van der Waals surface area contributed by atoms with E-state index in [1.807, 2.05) is 0 Å². The first kappa shape index (κ1) is 21.3. The number of aromatic nitrogens is 2. The maximum Gasteiger partial charge on any atom is 0.162 e. The summed E-state index contributed by atoms with van der Waals surface area (Å²) in [5.74, 6) is -0.00466. The largest absolute Gasteiger partial charge is 0.493 e. The Balaban J connectivity index is 1.17.